The molecule has 4 rings (SSSR count). The van der Waals surface area contributed by atoms with Gasteiger partial charge in [-0.05, 0) is 37.8 Å². The first-order valence-corrected chi connectivity index (χ1v) is 10.1. The molecule has 2 fully saturated rings. The van der Waals surface area contributed by atoms with Crippen molar-refractivity contribution in [2.24, 2.45) is 0 Å². The summed E-state index contributed by atoms with van der Waals surface area (Å²) >= 11 is 1.28. The first-order chi connectivity index (χ1) is 13.5. The van der Waals surface area contributed by atoms with Gasteiger partial charge in [0, 0.05) is 29.1 Å². The van der Waals surface area contributed by atoms with Crippen molar-refractivity contribution in [1.29, 1.82) is 0 Å². The summed E-state index contributed by atoms with van der Waals surface area (Å²) in [6.45, 7) is 0.372. The second-order valence-electron chi connectivity index (χ2n) is 6.99. The molecule has 1 aliphatic carbocycles. The first-order valence-electron chi connectivity index (χ1n) is 9.18. The number of carbonyl (C=O) groups excluding carboxylic acids is 2. The van der Waals surface area contributed by atoms with Gasteiger partial charge in [0.2, 0.25) is 5.91 Å². The zero-order valence-corrected chi connectivity index (χ0v) is 15.9. The van der Waals surface area contributed by atoms with Gasteiger partial charge in [-0.2, -0.15) is 0 Å². The number of likely N-dealkylation sites (tertiary alicyclic amines) is 1. The predicted octanol–water partition coefficient (Wildman–Crippen LogP) is 2.78. The molecule has 146 valence electrons. The molecular formula is C19H20N4O4S. The third-order valence-corrected chi connectivity index (χ3v) is 5.65. The van der Waals surface area contributed by atoms with Crippen LogP contribution >= 0.6 is 11.3 Å². The van der Waals surface area contributed by atoms with Crippen LogP contribution in [0.25, 0.3) is 11.3 Å². The van der Waals surface area contributed by atoms with Crippen LogP contribution < -0.4 is 10.6 Å². The van der Waals surface area contributed by atoms with Gasteiger partial charge in [0.15, 0.2) is 5.13 Å². The van der Waals surface area contributed by atoms with E-state index in [-0.39, 0.29) is 11.8 Å². The number of hydrogen-bond donors (Lipinski definition) is 3. The van der Waals surface area contributed by atoms with E-state index in [9.17, 15) is 14.4 Å². The lowest BCUT2D eigenvalue weighted by atomic mass is 10.1. The molecule has 3 amide bonds. The normalized spacial score (nSPS) is 18.7. The molecule has 8 nitrogen and oxygen atoms in total. The first kappa shape index (κ1) is 18.4. The summed E-state index contributed by atoms with van der Waals surface area (Å²) in [4.78, 5) is 41.2. The van der Waals surface area contributed by atoms with Crippen molar-refractivity contribution in [3.8, 4) is 11.3 Å². The van der Waals surface area contributed by atoms with Crippen LogP contribution in [0.4, 0.5) is 9.93 Å². The highest BCUT2D eigenvalue weighted by Crippen LogP contribution is 2.27. The largest absolute Gasteiger partial charge is 0.465 e. The summed E-state index contributed by atoms with van der Waals surface area (Å²) in [6.07, 6.45) is 2.20. The molecule has 0 bridgehead atoms. The van der Waals surface area contributed by atoms with Gasteiger partial charge in [-0.25, -0.2) is 9.78 Å². The summed E-state index contributed by atoms with van der Waals surface area (Å²) in [5.74, 6) is -0.423. The van der Waals surface area contributed by atoms with Crippen LogP contribution in [0, 0.1) is 0 Å². The Bertz CT molecular complexity index is 907. The van der Waals surface area contributed by atoms with Crippen molar-refractivity contribution in [2.75, 3.05) is 11.9 Å². The zero-order valence-electron chi connectivity index (χ0n) is 15.1. The van der Waals surface area contributed by atoms with Gasteiger partial charge in [0.1, 0.15) is 6.04 Å². The molecule has 1 aliphatic heterocycles. The van der Waals surface area contributed by atoms with Crippen LogP contribution in [0.5, 0.6) is 0 Å². The third-order valence-electron chi connectivity index (χ3n) is 4.89. The van der Waals surface area contributed by atoms with Crippen LogP contribution in [0.2, 0.25) is 0 Å². The molecule has 3 N–H and O–H groups in total. The lowest BCUT2D eigenvalue weighted by Gasteiger charge is -2.19. The molecule has 1 aromatic heterocycles. The Hall–Kier alpha value is -2.94. The van der Waals surface area contributed by atoms with Crippen molar-refractivity contribution in [2.45, 2.75) is 37.8 Å². The molecule has 1 aromatic carbocycles. The van der Waals surface area contributed by atoms with Gasteiger partial charge < -0.3 is 15.7 Å². The zero-order chi connectivity index (χ0) is 19.7. The minimum atomic E-state index is -1.08. The molecule has 28 heavy (non-hydrogen) atoms. The van der Waals surface area contributed by atoms with E-state index in [2.05, 4.69) is 15.6 Å². The Morgan fingerprint density at radius 2 is 1.89 bits per heavy atom. The Morgan fingerprint density at radius 1 is 1.14 bits per heavy atom. The molecule has 1 saturated carbocycles. The number of rotatable bonds is 5. The fourth-order valence-electron chi connectivity index (χ4n) is 3.21. The standard InChI is InChI=1S/C19H20N4O4S/c24-16(20-13-7-8-13)12-5-3-11(4-6-12)14-10-28-18(21-14)22-17(25)15-2-1-9-23(15)19(26)27/h3-6,10,13,15H,1-2,7-9H2,(H,20,24)(H,26,27)(H,21,22,25). The smallest absolute Gasteiger partial charge is 0.407 e. The summed E-state index contributed by atoms with van der Waals surface area (Å²) in [5, 5.41) is 17.1. The van der Waals surface area contributed by atoms with Crippen LogP contribution in [-0.2, 0) is 4.79 Å². The molecule has 1 saturated heterocycles. The molecule has 1 atom stereocenters. The maximum atomic E-state index is 12.4. The van der Waals surface area contributed by atoms with Gasteiger partial charge in [-0.1, -0.05) is 12.1 Å². The Balaban J connectivity index is 1.40. The highest BCUT2D eigenvalue weighted by Gasteiger charge is 2.34. The van der Waals surface area contributed by atoms with Gasteiger partial charge in [-0.15, -0.1) is 11.3 Å². The van der Waals surface area contributed by atoms with E-state index in [1.54, 1.807) is 12.1 Å². The average Bonchev–Trinajstić information content (AvgIpc) is 3.18. The van der Waals surface area contributed by atoms with Crippen LogP contribution in [-0.4, -0.2) is 51.5 Å². The predicted molar refractivity (Wildman–Crippen MR) is 104 cm³/mol. The maximum absolute atomic E-state index is 12.4. The number of aromatic nitrogens is 1. The molecule has 2 heterocycles. The Morgan fingerprint density at radius 3 is 2.57 bits per heavy atom. The second-order valence-corrected chi connectivity index (χ2v) is 7.84. The number of thiazole rings is 1. The molecule has 2 aromatic rings. The van der Waals surface area contributed by atoms with Crippen LogP contribution in [0.1, 0.15) is 36.0 Å². The Labute approximate surface area is 165 Å². The number of carbonyl (C=O) groups is 3. The lowest BCUT2D eigenvalue weighted by Crippen LogP contribution is -2.42. The minimum absolute atomic E-state index is 0.0696. The number of benzene rings is 1. The van der Waals surface area contributed by atoms with Crippen molar-refractivity contribution >= 4 is 34.4 Å². The highest BCUT2D eigenvalue weighted by atomic mass is 32.1. The number of anilines is 1. The molecular weight excluding hydrogens is 380 g/mol. The Kier molecular flexibility index (Phi) is 4.99. The quantitative estimate of drug-likeness (QED) is 0.715. The van der Waals surface area contributed by atoms with Crippen LogP contribution in [0.15, 0.2) is 29.6 Å². The second kappa shape index (κ2) is 7.59. The number of hydrogen-bond acceptors (Lipinski definition) is 5. The summed E-state index contributed by atoms with van der Waals surface area (Å²) in [6, 6.07) is 6.81. The lowest BCUT2D eigenvalue weighted by molar-refractivity contribution is -0.119. The number of nitrogens with one attached hydrogen (secondary N) is 2. The molecule has 2 aliphatic rings. The van der Waals surface area contributed by atoms with E-state index >= 15 is 0 Å². The maximum Gasteiger partial charge on any atom is 0.407 e. The van der Waals surface area contributed by atoms with Gasteiger partial charge in [0.25, 0.3) is 5.91 Å². The third kappa shape index (κ3) is 3.99. The van der Waals surface area contributed by atoms with Crippen molar-refractivity contribution < 1.29 is 19.5 Å². The van der Waals surface area contributed by atoms with Gasteiger partial charge >= 0.3 is 6.09 Å². The van der Waals surface area contributed by atoms with E-state index in [1.807, 2.05) is 17.5 Å². The van der Waals surface area contributed by atoms with E-state index in [1.165, 1.54) is 11.3 Å². The average molecular weight is 400 g/mol. The molecule has 0 radical (unpaired) electrons. The fourth-order valence-corrected chi connectivity index (χ4v) is 3.93. The number of amides is 3. The highest BCUT2D eigenvalue weighted by molar-refractivity contribution is 7.14. The van der Waals surface area contributed by atoms with E-state index < -0.39 is 12.1 Å². The van der Waals surface area contributed by atoms with Crippen molar-refractivity contribution in [3.05, 3.63) is 35.2 Å². The van der Waals surface area contributed by atoms with Gasteiger partial charge in [-0.3, -0.25) is 14.5 Å². The summed E-state index contributed by atoms with van der Waals surface area (Å²) < 4.78 is 0. The molecule has 9 heteroatoms. The van der Waals surface area contributed by atoms with E-state index in [0.717, 1.165) is 23.3 Å². The van der Waals surface area contributed by atoms with E-state index in [0.29, 0.717) is 41.8 Å². The summed E-state index contributed by atoms with van der Waals surface area (Å²) in [7, 11) is 0. The molecule has 0 spiro atoms. The monoisotopic (exact) mass is 400 g/mol. The van der Waals surface area contributed by atoms with Crippen molar-refractivity contribution in [3.63, 3.8) is 0 Å². The van der Waals surface area contributed by atoms with Crippen molar-refractivity contribution in [1.82, 2.24) is 15.2 Å². The topological polar surface area (TPSA) is 112 Å². The summed E-state index contributed by atoms with van der Waals surface area (Å²) in [5.41, 5.74) is 2.14. The van der Waals surface area contributed by atoms with Crippen LogP contribution in [0.3, 0.4) is 0 Å². The molecule has 1 unspecified atom stereocenters. The number of nitrogens with zero attached hydrogens (tertiary/aromatic N) is 2. The van der Waals surface area contributed by atoms with Gasteiger partial charge in [0.05, 0.1) is 5.69 Å². The fraction of sp³-hybridized carbons (Fsp3) is 0.368. The number of carboxylic acid groups (broad SMARTS) is 1. The minimum Gasteiger partial charge on any atom is -0.465 e. The van der Waals surface area contributed by atoms with E-state index in [4.69, 9.17) is 5.11 Å². The SMILES string of the molecule is O=C(NC1CC1)c1ccc(-c2csc(NC(=O)C3CCCN3C(=O)O)n2)cc1.